The fourth-order valence-corrected chi connectivity index (χ4v) is 3.28. The van der Waals surface area contributed by atoms with Crippen molar-refractivity contribution in [3.8, 4) is 0 Å². The van der Waals surface area contributed by atoms with Crippen molar-refractivity contribution in [3.05, 3.63) is 17.8 Å². The minimum Gasteiger partial charge on any atom is -0.396 e. The first-order valence-corrected chi connectivity index (χ1v) is 6.22. The van der Waals surface area contributed by atoms with Gasteiger partial charge in [-0.1, -0.05) is 6.42 Å². The Kier molecular flexibility index (Phi) is 2.27. The molecule has 2 saturated carbocycles. The summed E-state index contributed by atoms with van der Waals surface area (Å²) in [6, 6.07) is 4.51. The minimum atomic E-state index is 0.607. The Morgan fingerprint density at radius 2 is 2.19 bits per heavy atom. The van der Waals surface area contributed by atoms with Crippen molar-refractivity contribution in [3.63, 3.8) is 0 Å². The zero-order valence-electron chi connectivity index (χ0n) is 9.74. The third-order valence-electron chi connectivity index (χ3n) is 4.13. The maximum Gasteiger partial charge on any atom is 0.149 e. The van der Waals surface area contributed by atoms with Gasteiger partial charge in [-0.3, -0.25) is 0 Å². The normalized spacial score (nSPS) is 31.9. The van der Waals surface area contributed by atoms with Gasteiger partial charge in [0.15, 0.2) is 0 Å². The third kappa shape index (κ3) is 1.64. The van der Waals surface area contributed by atoms with Gasteiger partial charge in [0.05, 0.1) is 5.69 Å². The predicted octanol–water partition coefficient (Wildman–Crippen LogP) is 2.57. The van der Waals surface area contributed by atoms with Crippen molar-refractivity contribution in [2.24, 2.45) is 11.8 Å². The van der Waals surface area contributed by atoms with Crippen LogP contribution in [0.3, 0.4) is 0 Å². The Balaban J connectivity index is 1.76. The number of hydrogen-bond acceptors (Lipinski definition) is 3. The van der Waals surface area contributed by atoms with E-state index in [4.69, 9.17) is 5.73 Å². The highest BCUT2D eigenvalue weighted by Gasteiger charge is 2.39. The number of fused-ring (bicyclic) bond motifs is 2. The van der Waals surface area contributed by atoms with Crippen LogP contribution in [0.15, 0.2) is 12.1 Å². The van der Waals surface area contributed by atoms with E-state index in [1.165, 1.54) is 25.7 Å². The largest absolute Gasteiger partial charge is 0.396 e. The number of nitrogen functional groups attached to an aromatic ring is 1. The van der Waals surface area contributed by atoms with Crippen LogP contribution in [0.25, 0.3) is 0 Å². The van der Waals surface area contributed by atoms with E-state index in [0.29, 0.717) is 6.04 Å². The topological polar surface area (TPSA) is 50.9 Å². The van der Waals surface area contributed by atoms with Gasteiger partial charge in [0.25, 0.3) is 0 Å². The second kappa shape index (κ2) is 3.65. The molecule has 3 nitrogen and oxygen atoms in total. The third-order valence-corrected chi connectivity index (χ3v) is 4.13. The fraction of sp³-hybridized carbons (Fsp3) is 0.615. The number of hydrogen-bond donors (Lipinski definition) is 2. The van der Waals surface area contributed by atoms with Crippen molar-refractivity contribution in [1.82, 2.24) is 4.98 Å². The molecule has 0 spiro atoms. The molecule has 1 aromatic rings. The Morgan fingerprint density at radius 1 is 1.31 bits per heavy atom. The Bertz CT molecular complexity index is 402. The van der Waals surface area contributed by atoms with E-state index in [0.717, 1.165) is 29.0 Å². The molecule has 3 heteroatoms. The first-order chi connectivity index (χ1) is 7.72. The number of rotatable bonds is 2. The van der Waals surface area contributed by atoms with Crippen LogP contribution in [0.4, 0.5) is 11.5 Å². The zero-order chi connectivity index (χ0) is 11.1. The van der Waals surface area contributed by atoms with Gasteiger partial charge in [0, 0.05) is 11.7 Å². The van der Waals surface area contributed by atoms with Crippen LogP contribution >= 0.6 is 0 Å². The highest BCUT2D eigenvalue weighted by atomic mass is 15.0. The first-order valence-electron chi connectivity index (χ1n) is 6.22. The number of aryl methyl sites for hydroxylation is 1. The average molecular weight is 217 g/mol. The molecule has 86 valence electrons. The lowest BCUT2D eigenvalue weighted by atomic mass is 9.95. The number of nitrogens with two attached hydrogens (primary N) is 1. The van der Waals surface area contributed by atoms with Gasteiger partial charge in [-0.05, 0) is 50.2 Å². The predicted molar refractivity (Wildman–Crippen MR) is 66.2 cm³/mol. The molecule has 2 aliphatic rings. The van der Waals surface area contributed by atoms with Gasteiger partial charge in [-0.25, -0.2) is 4.98 Å². The van der Waals surface area contributed by atoms with Crippen LogP contribution in [0, 0.1) is 18.8 Å². The summed E-state index contributed by atoms with van der Waals surface area (Å²) in [5, 5.41) is 3.55. The lowest BCUT2D eigenvalue weighted by molar-refractivity contribution is 0.439. The summed E-state index contributed by atoms with van der Waals surface area (Å²) in [6.45, 7) is 2.01. The highest BCUT2D eigenvalue weighted by molar-refractivity contribution is 5.61. The van der Waals surface area contributed by atoms with Crippen LogP contribution < -0.4 is 11.1 Å². The average Bonchev–Trinajstić information content (AvgIpc) is 2.85. The molecule has 0 radical (unpaired) electrons. The highest BCUT2D eigenvalue weighted by Crippen LogP contribution is 2.45. The lowest BCUT2D eigenvalue weighted by Crippen LogP contribution is -2.26. The standard InChI is InChI=1S/C13H19N3/c1-8-2-5-11(14)13(15-8)16-12-7-9-3-4-10(12)6-9/h2,5,9-10,12H,3-4,6-7,14H2,1H3,(H,15,16). The molecule has 2 fully saturated rings. The van der Waals surface area contributed by atoms with Crippen LogP contribution in [-0.4, -0.2) is 11.0 Å². The molecule has 1 heterocycles. The molecule has 16 heavy (non-hydrogen) atoms. The Hall–Kier alpha value is -1.25. The summed E-state index contributed by atoms with van der Waals surface area (Å²) in [4.78, 5) is 4.48. The van der Waals surface area contributed by atoms with E-state index in [9.17, 15) is 0 Å². The maximum atomic E-state index is 5.94. The second-order valence-corrected chi connectivity index (χ2v) is 5.32. The van der Waals surface area contributed by atoms with E-state index < -0.39 is 0 Å². The molecule has 3 N–H and O–H groups in total. The van der Waals surface area contributed by atoms with Gasteiger partial charge in [-0.15, -0.1) is 0 Å². The summed E-state index contributed by atoms with van der Waals surface area (Å²) in [6.07, 6.45) is 5.52. The summed E-state index contributed by atoms with van der Waals surface area (Å²) in [7, 11) is 0. The quantitative estimate of drug-likeness (QED) is 0.800. The lowest BCUT2D eigenvalue weighted by Gasteiger charge is -2.24. The van der Waals surface area contributed by atoms with Crippen molar-refractivity contribution in [2.75, 3.05) is 11.1 Å². The van der Waals surface area contributed by atoms with Gasteiger partial charge < -0.3 is 11.1 Å². The number of anilines is 2. The minimum absolute atomic E-state index is 0.607. The van der Waals surface area contributed by atoms with E-state index in [2.05, 4.69) is 10.3 Å². The van der Waals surface area contributed by atoms with Crippen LogP contribution in [0.1, 0.15) is 31.4 Å². The molecular formula is C13H19N3. The van der Waals surface area contributed by atoms with Crippen LogP contribution in [0.5, 0.6) is 0 Å². The SMILES string of the molecule is Cc1ccc(N)c(NC2CC3CCC2C3)n1. The number of pyridine rings is 1. The molecule has 0 amide bonds. The molecule has 3 unspecified atom stereocenters. The molecular weight excluding hydrogens is 198 g/mol. The Labute approximate surface area is 96.4 Å². The van der Waals surface area contributed by atoms with Gasteiger partial charge in [0.1, 0.15) is 5.82 Å². The summed E-state index contributed by atoms with van der Waals surface area (Å²) in [5.41, 5.74) is 7.74. The molecule has 0 saturated heterocycles. The van der Waals surface area contributed by atoms with E-state index in [-0.39, 0.29) is 0 Å². The first kappa shape index (κ1) is 9.94. The van der Waals surface area contributed by atoms with Crippen LogP contribution in [-0.2, 0) is 0 Å². The number of nitrogens with one attached hydrogen (secondary N) is 1. The van der Waals surface area contributed by atoms with E-state index in [1.54, 1.807) is 0 Å². The summed E-state index contributed by atoms with van der Waals surface area (Å²) in [5.74, 6) is 2.69. The molecule has 0 aromatic carbocycles. The second-order valence-electron chi connectivity index (χ2n) is 5.32. The zero-order valence-corrected chi connectivity index (χ0v) is 9.74. The number of nitrogens with zero attached hydrogens (tertiary/aromatic N) is 1. The molecule has 3 rings (SSSR count). The van der Waals surface area contributed by atoms with E-state index in [1.807, 2.05) is 19.1 Å². The van der Waals surface area contributed by atoms with Gasteiger partial charge >= 0.3 is 0 Å². The summed E-state index contributed by atoms with van der Waals surface area (Å²) < 4.78 is 0. The van der Waals surface area contributed by atoms with Gasteiger partial charge in [0.2, 0.25) is 0 Å². The molecule has 2 aliphatic carbocycles. The smallest absolute Gasteiger partial charge is 0.149 e. The molecule has 2 bridgehead atoms. The molecule has 1 aromatic heterocycles. The van der Waals surface area contributed by atoms with Gasteiger partial charge in [-0.2, -0.15) is 0 Å². The fourth-order valence-electron chi connectivity index (χ4n) is 3.28. The Morgan fingerprint density at radius 3 is 2.88 bits per heavy atom. The summed E-state index contributed by atoms with van der Waals surface area (Å²) >= 11 is 0. The van der Waals surface area contributed by atoms with Crippen molar-refractivity contribution < 1.29 is 0 Å². The van der Waals surface area contributed by atoms with Crippen LogP contribution in [0.2, 0.25) is 0 Å². The van der Waals surface area contributed by atoms with E-state index >= 15 is 0 Å². The monoisotopic (exact) mass is 217 g/mol. The number of aromatic nitrogens is 1. The van der Waals surface area contributed by atoms with Crippen molar-refractivity contribution in [2.45, 2.75) is 38.6 Å². The maximum absolute atomic E-state index is 5.94. The molecule has 3 atom stereocenters. The van der Waals surface area contributed by atoms with Crippen molar-refractivity contribution >= 4 is 11.5 Å². The van der Waals surface area contributed by atoms with Crippen molar-refractivity contribution in [1.29, 1.82) is 0 Å². The molecule has 0 aliphatic heterocycles.